The SMILES string of the molecule is CC(CC1CCC1)Nc1ccc(C(C)C)cc1C(C)C. The van der Waals surface area contributed by atoms with E-state index in [1.54, 1.807) is 0 Å². The van der Waals surface area contributed by atoms with Gasteiger partial charge in [0.1, 0.15) is 0 Å². The second-order valence-corrected chi connectivity index (χ2v) is 7.23. The number of hydrogen-bond acceptors (Lipinski definition) is 1. The monoisotopic (exact) mass is 273 g/mol. The Bertz CT molecular complexity index is 429. The molecule has 1 unspecified atom stereocenters. The molecule has 0 aliphatic heterocycles. The first-order valence-electron chi connectivity index (χ1n) is 8.37. The third-order valence-electron chi connectivity index (χ3n) is 4.68. The van der Waals surface area contributed by atoms with E-state index in [-0.39, 0.29) is 0 Å². The molecule has 1 saturated carbocycles. The minimum Gasteiger partial charge on any atom is -0.382 e. The molecule has 0 radical (unpaired) electrons. The molecule has 1 aliphatic carbocycles. The lowest BCUT2D eigenvalue weighted by atomic mass is 9.81. The van der Waals surface area contributed by atoms with Crippen LogP contribution in [0.1, 0.15) is 83.3 Å². The molecule has 112 valence electrons. The van der Waals surface area contributed by atoms with E-state index in [0.29, 0.717) is 17.9 Å². The average Bonchev–Trinajstić information content (AvgIpc) is 2.33. The van der Waals surface area contributed by atoms with E-state index in [4.69, 9.17) is 0 Å². The van der Waals surface area contributed by atoms with Crippen LogP contribution in [0, 0.1) is 5.92 Å². The zero-order valence-corrected chi connectivity index (χ0v) is 13.9. The van der Waals surface area contributed by atoms with Crippen LogP contribution < -0.4 is 5.32 Å². The number of nitrogens with one attached hydrogen (secondary N) is 1. The topological polar surface area (TPSA) is 12.0 Å². The highest BCUT2D eigenvalue weighted by atomic mass is 14.9. The molecule has 0 heterocycles. The van der Waals surface area contributed by atoms with Gasteiger partial charge in [0.15, 0.2) is 0 Å². The molecule has 2 rings (SSSR count). The van der Waals surface area contributed by atoms with Gasteiger partial charge in [-0.15, -0.1) is 0 Å². The van der Waals surface area contributed by atoms with Crippen molar-refractivity contribution in [1.29, 1.82) is 0 Å². The highest BCUT2D eigenvalue weighted by molar-refractivity contribution is 5.55. The molecule has 0 aromatic heterocycles. The molecular formula is C19H31N. The maximum atomic E-state index is 3.76. The van der Waals surface area contributed by atoms with Crippen LogP contribution in [0.3, 0.4) is 0 Å². The van der Waals surface area contributed by atoms with Crippen LogP contribution >= 0.6 is 0 Å². The van der Waals surface area contributed by atoms with Gasteiger partial charge in [-0.3, -0.25) is 0 Å². The van der Waals surface area contributed by atoms with Gasteiger partial charge in [0.25, 0.3) is 0 Å². The van der Waals surface area contributed by atoms with Crippen molar-refractivity contribution in [2.45, 2.75) is 78.2 Å². The zero-order chi connectivity index (χ0) is 14.7. The third-order valence-corrected chi connectivity index (χ3v) is 4.68. The molecule has 0 bridgehead atoms. The van der Waals surface area contributed by atoms with Gasteiger partial charge in [-0.05, 0) is 48.3 Å². The summed E-state index contributed by atoms with van der Waals surface area (Å²) < 4.78 is 0. The molecule has 1 fully saturated rings. The summed E-state index contributed by atoms with van der Waals surface area (Å²) in [5.41, 5.74) is 4.26. The maximum absolute atomic E-state index is 3.76. The van der Waals surface area contributed by atoms with Gasteiger partial charge >= 0.3 is 0 Å². The van der Waals surface area contributed by atoms with Crippen molar-refractivity contribution in [3.8, 4) is 0 Å². The van der Waals surface area contributed by atoms with Crippen molar-refractivity contribution in [3.05, 3.63) is 29.3 Å². The summed E-state index contributed by atoms with van der Waals surface area (Å²) in [6.45, 7) is 11.5. The van der Waals surface area contributed by atoms with E-state index >= 15 is 0 Å². The molecule has 1 heteroatoms. The number of anilines is 1. The summed E-state index contributed by atoms with van der Waals surface area (Å²) in [5, 5.41) is 3.76. The zero-order valence-electron chi connectivity index (χ0n) is 13.9. The largest absolute Gasteiger partial charge is 0.382 e. The van der Waals surface area contributed by atoms with Gasteiger partial charge < -0.3 is 5.32 Å². The second kappa shape index (κ2) is 6.65. The molecule has 1 N–H and O–H groups in total. The number of benzene rings is 1. The van der Waals surface area contributed by atoms with Crippen molar-refractivity contribution in [1.82, 2.24) is 0 Å². The number of hydrogen-bond donors (Lipinski definition) is 1. The van der Waals surface area contributed by atoms with E-state index in [1.807, 2.05) is 0 Å². The van der Waals surface area contributed by atoms with Crippen molar-refractivity contribution >= 4 is 5.69 Å². The van der Waals surface area contributed by atoms with Gasteiger partial charge in [0.05, 0.1) is 0 Å². The quantitative estimate of drug-likeness (QED) is 0.678. The lowest BCUT2D eigenvalue weighted by Gasteiger charge is -2.29. The average molecular weight is 273 g/mol. The molecule has 20 heavy (non-hydrogen) atoms. The summed E-state index contributed by atoms with van der Waals surface area (Å²) >= 11 is 0. The van der Waals surface area contributed by atoms with Gasteiger partial charge in [0.2, 0.25) is 0 Å². The maximum Gasteiger partial charge on any atom is 0.0377 e. The van der Waals surface area contributed by atoms with Crippen molar-refractivity contribution in [2.24, 2.45) is 5.92 Å². The summed E-state index contributed by atoms with van der Waals surface area (Å²) in [5.74, 6) is 2.15. The van der Waals surface area contributed by atoms with Crippen molar-refractivity contribution in [2.75, 3.05) is 5.32 Å². The fourth-order valence-corrected chi connectivity index (χ4v) is 3.10. The van der Waals surface area contributed by atoms with E-state index < -0.39 is 0 Å². The Morgan fingerprint density at radius 3 is 2.25 bits per heavy atom. The Morgan fingerprint density at radius 2 is 1.75 bits per heavy atom. The van der Waals surface area contributed by atoms with E-state index in [1.165, 1.54) is 42.5 Å². The molecule has 0 saturated heterocycles. The first kappa shape index (κ1) is 15.4. The minimum atomic E-state index is 0.576. The van der Waals surface area contributed by atoms with Crippen molar-refractivity contribution < 1.29 is 0 Å². The Hall–Kier alpha value is -0.980. The van der Waals surface area contributed by atoms with E-state index in [2.05, 4.69) is 58.1 Å². The van der Waals surface area contributed by atoms with Crippen LogP contribution in [0.2, 0.25) is 0 Å². The van der Waals surface area contributed by atoms with E-state index in [9.17, 15) is 0 Å². The molecule has 1 nitrogen and oxygen atoms in total. The predicted octanol–water partition coefficient (Wildman–Crippen LogP) is 5.92. The first-order valence-corrected chi connectivity index (χ1v) is 8.37. The minimum absolute atomic E-state index is 0.576. The molecule has 1 aliphatic rings. The van der Waals surface area contributed by atoms with Crippen LogP contribution in [0.5, 0.6) is 0 Å². The number of rotatable bonds is 6. The summed E-state index contributed by atoms with van der Waals surface area (Å²) in [6, 6.07) is 7.56. The molecule has 1 atom stereocenters. The summed E-state index contributed by atoms with van der Waals surface area (Å²) in [7, 11) is 0. The van der Waals surface area contributed by atoms with Crippen LogP contribution in [-0.2, 0) is 0 Å². The van der Waals surface area contributed by atoms with Crippen molar-refractivity contribution in [3.63, 3.8) is 0 Å². The predicted molar refractivity (Wildman–Crippen MR) is 89.7 cm³/mol. The van der Waals surface area contributed by atoms with Gasteiger partial charge in [-0.1, -0.05) is 59.1 Å². The molecule has 1 aromatic rings. The molecule has 1 aromatic carbocycles. The Kier molecular flexibility index (Phi) is 5.12. The standard InChI is InChI=1S/C19H31N/c1-13(2)17-9-10-19(18(12-17)14(3)4)20-15(5)11-16-7-6-8-16/h9-10,12-16,20H,6-8,11H2,1-5H3. The molecular weight excluding hydrogens is 242 g/mol. The smallest absolute Gasteiger partial charge is 0.0377 e. The van der Waals surface area contributed by atoms with Gasteiger partial charge in [-0.25, -0.2) is 0 Å². The van der Waals surface area contributed by atoms with Crippen LogP contribution in [0.25, 0.3) is 0 Å². The lowest BCUT2D eigenvalue weighted by molar-refractivity contribution is 0.286. The summed E-state index contributed by atoms with van der Waals surface area (Å²) in [4.78, 5) is 0. The Balaban J connectivity index is 2.08. The molecule has 0 spiro atoms. The van der Waals surface area contributed by atoms with Crippen LogP contribution in [0.15, 0.2) is 18.2 Å². The fraction of sp³-hybridized carbons (Fsp3) is 0.684. The normalized spacial score (nSPS) is 17.4. The van der Waals surface area contributed by atoms with E-state index in [0.717, 1.165) is 5.92 Å². The highest BCUT2D eigenvalue weighted by Gasteiger charge is 2.20. The van der Waals surface area contributed by atoms with Gasteiger partial charge in [0, 0.05) is 11.7 Å². The second-order valence-electron chi connectivity index (χ2n) is 7.23. The van der Waals surface area contributed by atoms with Gasteiger partial charge in [-0.2, -0.15) is 0 Å². The first-order chi connectivity index (χ1) is 9.47. The third kappa shape index (κ3) is 3.77. The Morgan fingerprint density at radius 1 is 1.05 bits per heavy atom. The highest BCUT2D eigenvalue weighted by Crippen LogP contribution is 2.33. The van der Waals surface area contributed by atoms with Crippen LogP contribution in [0.4, 0.5) is 5.69 Å². The van der Waals surface area contributed by atoms with Crippen LogP contribution in [-0.4, -0.2) is 6.04 Å². The Labute approximate surface area is 125 Å². The molecule has 0 amide bonds. The summed E-state index contributed by atoms with van der Waals surface area (Å²) in [6.07, 6.45) is 5.64. The lowest BCUT2D eigenvalue weighted by Crippen LogP contribution is -2.23. The fourth-order valence-electron chi connectivity index (χ4n) is 3.10.